The first-order valence-corrected chi connectivity index (χ1v) is 13.5. The summed E-state index contributed by atoms with van der Waals surface area (Å²) < 4.78 is 8.79. The topological polar surface area (TPSA) is 119 Å². The summed E-state index contributed by atoms with van der Waals surface area (Å²) in [5.41, 5.74) is 1.33. The van der Waals surface area contributed by atoms with Crippen LogP contribution in [-0.4, -0.2) is 58.9 Å². The predicted octanol–water partition coefficient (Wildman–Crippen LogP) is 3.38. The Morgan fingerprint density at radius 2 is 1.79 bits per heavy atom. The second kappa shape index (κ2) is 8.90. The third kappa shape index (κ3) is 4.13. The molecule has 196 valence electrons. The molecule has 0 spiro atoms. The van der Waals surface area contributed by atoms with Crippen LogP contribution in [0, 0.1) is 0 Å². The van der Waals surface area contributed by atoms with Gasteiger partial charge in [0.15, 0.2) is 11.5 Å². The van der Waals surface area contributed by atoms with Gasteiger partial charge < -0.3 is 14.4 Å². The van der Waals surface area contributed by atoms with Gasteiger partial charge in [-0.15, -0.1) is 0 Å². The van der Waals surface area contributed by atoms with Gasteiger partial charge in [-0.25, -0.2) is 14.6 Å². The van der Waals surface area contributed by atoms with Gasteiger partial charge >= 0.3 is 0 Å². The lowest BCUT2D eigenvalue weighted by molar-refractivity contribution is -0.0304. The van der Waals surface area contributed by atoms with Crippen LogP contribution >= 0.6 is 0 Å². The Bertz CT molecular complexity index is 1550. The number of hydrogen-bond acceptors (Lipinski definition) is 7. The zero-order valence-corrected chi connectivity index (χ0v) is 21.1. The Morgan fingerprint density at radius 3 is 2.47 bits per heavy atom. The van der Waals surface area contributed by atoms with Crippen LogP contribution in [0.4, 0.5) is 0 Å². The average molecular weight is 515 g/mol. The van der Waals surface area contributed by atoms with E-state index in [1.807, 2.05) is 12.1 Å². The third-order valence-electron chi connectivity index (χ3n) is 8.38. The lowest BCUT2D eigenvalue weighted by atomic mass is 9.80. The van der Waals surface area contributed by atoms with Gasteiger partial charge in [-0.3, -0.25) is 14.2 Å². The van der Waals surface area contributed by atoms with Crippen LogP contribution in [0.1, 0.15) is 78.8 Å². The maximum absolute atomic E-state index is 13.3. The van der Waals surface area contributed by atoms with E-state index in [4.69, 9.17) is 4.42 Å². The fourth-order valence-electron chi connectivity index (χ4n) is 5.54. The number of nitrogens with zero attached hydrogens (tertiary/aromatic N) is 6. The summed E-state index contributed by atoms with van der Waals surface area (Å²) >= 11 is 0. The van der Waals surface area contributed by atoms with Crippen molar-refractivity contribution < 1.29 is 14.3 Å². The van der Waals surface area contributed by atoms with Gasteiger partial charge in [-0.2, -0.15) is 5.10 Å². The first kappa shape index (κ1) is 23.3. The maximum Gasteiger partial charge on any atom is 0.291 e. The number of amides is 1. The fourth-order valence-corrected chi connectivity index (χ4v) is 5.54. The van der Waals surface area contributed by atoms with Gasteiger partial charge in [0.25, 0.3) is 11.5 Å². The molecule has 1 amide bonds. The summed E-state index contributed by atoms with van der Waals surface area (Å²) in [6.45, 7) is 0.841. The monoisotopic (exact) mass is 514 g/mol. The SMILES string of the molecule is O=C(c1cnc(C2CC2)o1)N1CCC(O)(Cn2cnc3c(cnn3-c3ccc(C4CCC4)cc3)c2=O)CC1. The molecule has 4 aromatic rings. The molecule has 1 N–H and O–H groups in total. The molecule has 1 saturated heterocycles. The summed E-state index contributed by atoms with van der Waals surface area (Å²) in [6, 6.07) is 8.32. The number of fused-ring (bicyclic) bond motifs is 1. The van der Waals surface area contributed by atoms with Crippen LogP contribution in [0.2, 0.25) is 0 Å². The Hall–Kier alpha value is -3.79. The minimum absolute atomic E-state index is 0.103. The molecule has 0 radical (unpaired) electrons. The standard InChI is InChI=1S/C28H30N6O4/c35-26-22-14-31-34(21-8-6-19(7-9-21)18-2-1-3-18)24(22)30-17-33(26)16-28(37)10-12-32(13-11-28)27(36)23-15-29-25(38-23)20-4-5-20/h6-9,14-15,17-18,20,37H,1-5,10-13,16H2. The molecule has 0 unspecified atom stereocenters. The molecule has 0 atom stereocenters. The molecular weight excluding hydrogens is 484 g/mol. The lowest BCUT2D eigenvalue weighted by Crippen LogP contribution is -2.49. The number of aromatic nitrogens is 5. The molecule has 1 aromatic carbocycles. The smallest absolute Gasteiger partial charge is 0.291 e. The number of rotatable bonds is 6. The number of benzene rings is 1. The van der Waals surface area contributed by atoms with Crippen molar-refractivity contribution >= 4 is 16.9 Å². The molecule has 3 fully saturated rings. The highest BCUT2D eigenvalue weighted by atomic mass is 16.4. The second-order valence-corrected chi connectivity index (χ2v) is 11.0. The summed E-state index contributed by atoms with van der Waals surface area (Å²) in [6.07, 6.45) is 11.1. The van der Waals surface area contributed by atoms with E-state index in [0.717, 1.165) is 18.5 Å². The minimum Gasteiger partial charge on any atom is -0.435 e. The van der Waals surface area contributed by atoms with Crippen molar-refractivity contribution in [1.29, 1.82) is 0 Å². The van der Waals surface area contributed by atoms with Gasteiger partial charge in [0.1, 0.15) is 11.7 Å². The Morgan fingerprint density at radius 1 is 1.03 bits per heavy atom. The molecule has 2 saturated carbocycles. The van der Waals surface area contributed by atoms with Gasteiger partial charge in [0, 0.05) is 19.0 Å². The van der Waals surface area contributed by atoms with Crippen molar-refractivity contribution in [3.05, 3.63) is 70.6 Å². The molecule has 2 aliphatic carbocycles. The summed E-state index contributed by atoms with van der Waals surface area (Å²) in [5, 5.41) is 16.1. The average Bonchev–Trinajstić information content (AvgIpc) is 3.46. The predicted molar refractivity (Wildman–Crippen MR) is 138 cm³/mol. The molecule has 10 heteroatoms. The largest absolute Gasteiger partial charge is 0.435 e. The van der Waals surface area contributed by atoms with Crippen LogP contribution in [0.15, 0.2) is 52.2 Å². The van der Waals surface area contributed by atoms with Crippen LogP contribution in [-0.2, 0) is 6.54 Å². The first-order chi connectivity index (χ1) is 18.5. The molecular formula is C28H30N6O4. The quantitative estimate of drug-likeness (QED) is 0.419. The van der Waals surface area contributed by atoms with Gasteiger partial charge in [0.2, 0.25) is 5.76 Å². The normalized spacial score (nSPS) is 19.6. The maximum atomic E-state index is 13.3. The van der Waals surface area contributed by atoms with Gasteiger partial charge in [-0.05, 0) is 62.1 Å². The first-order valence-electron chi connectivity index (χ1n) is 13.5. The zero-order valence-electron chi connectivity index (χ0n) is 21.1. The van der Waals surface area contributed by atoms with E-state index in [0.29, 0.717) is 54.7 Å². The number of aliphatic hydroxyl groups is 1. The van der Waals surface area contributed by atoms with Crippen molar-refractivity contribution in [2.75, 3.05) is 13.1 Å². The molecule has 7 rings (SSSR count). The van der Waals surface area contributed by atoms with Crippen LogP contribution < -0.4 is 5.56 Å². The number of likely N-dealkylation sites (tertiary alicyclic amines) is 1. The van der Waals surface area contributed by atoms with Crippen molar-refractivity contribution in [2.24, 2.45) is 0 Å². The second-order valence-electron chi connectivity index (χ2n) is 11.0. The number of piperidine rings is 1. The van der Waals surface area contributed by atoms with Gasteiger partial charge in [-0.1, -0.05) is 18.6 Å². The van der Waals surface area contributed by atoms with E-state index in [1.165, 1.54) is 41.9 Å². The van der Waals surface area contributed by atoms with E-state index in [-0.39, 0.29) is 23.8 Å². The molecule has 10 nitrogen and oxygen atoms in total. The molecule has 0 bridgehead atoms. The number of hydrogen-bond donors (Lipinski definition) is 1. The number of carbonyl (C=O) groups is 1. The highest BCUT2D eigenvalue weighted by Gasteiger charge is 2.36. The summed E-state index contributed by atoms with van der Waals surface area (Å²) in [5.74, 6) is 1.68. The Labute approximate surface area is 218 Å². The molecule has 1 aliphatic heterocycles. The summed E-state index contributed by atoms with van der Waals surface area (Å²) in [4.78, 5) is 36.6. The van der Waals surface area contributed by atoms with Crippen LogP contribution in [0.3, 0.4) is 0 Å². The fraction of sp³-hybridized carbons (Fsp3) is 0.464. The molecule has 3 aliphatic rings. The van der Waals surface area contributed by atoms with E-state index < -0.39 is 5.60 Å². The molecule has 38 heavy (non-hydrogen) atoms. The van der Waals surface area contributed by atoms with Crippen molar-refractivity contribution in [3.63, 3.8) is 0 Å². The lowest BCUT2D eigenvalue weighted by Gasteiger charge is -2.38. The van der Waals surface area contributed by atoms with Crippen molar-refractivity contribution in [3.8, 4) is 5.69 Å². The molecule has 4 heterocycles. The highest BCUT2D eigenvalue weighted by molar-refractivity contribution is 5.91. The Balaban J connectivity index is 1.04. The van der Waals surface area contributed by atoms with Crippen molar-refractivity contribution in [2.45, 2.75) is 68.9 Å². The minimum atomic E-state index is -1.12. The van der Waals surface area contributed by atoms with Crippen molar-refractivity contribution in [1.82, 2.24) is 29.2 Å². The van der Waals surface area contributed by atoms with E-state index in [9.17, 15) is 14.7 Å². The zero-order chi connectivity index (χ0) is 25.9. The molecule has 3 aromatic heterocycles. The van der Waals surface area contributed by atoms with E-state index in [2.05, 4.69) is 27.2 Å². The van der Waals surface area contributed by atoms with E-state index in [1.54, 1.807) is 15.8 Å². The van der Waals surface area contributed by atoms with Crippen LogP contribution in [0.5, 0.6) is 0 Å². The van der Waals surface area contributed by atoms with Gasteiger partial charge in [0.05, 0.1) is 30.2 Å². The Kier molecular flexibility index (Phi) is 5.47. The highest BCUT2D eigenvalue weighted by Crippen LogP contribution is 2.39. The number of carbonyl (C=O) groups excluding carboxylic acids is 1. The number of oxazole rings is 1. The summed E-state index contributed by atoms with van der Waals surface area (Å²) in [7, 11) is 0. The van der Waals surface area contributed by atoms with Crippen LogP contribution in [0.25, 0.3) is 16.7 Å². The third-order valence-corrected chi connectivity index (χ3v) is 8.38. The van der Waals surface area contributed by atoms with E-state index >= 15 is 0 Å².